The van der Waals surface area contributed by atoms with Crippen molar-refractivity contribution in [2.75, 3.05) is 0 Å². The van der Waals surface area contributed by atoms with Crippen molar-refractivity contribution >= 4 is 33.7 Å². The summed E-state index contributed by atoms with van der Waals surface area (Å²) in [5.41, 5.74) is 0.503. The lowest BCUT2D eigenvalue weighted by Crippen LogP contribution is -2.08. The number of esters is 2. The van der Waals surface area contributed by atoms with Gasteiger partial charge in [0.2, 0.25) is 11.8 Å². The zero-order chi connectivity index (χ0) is 35.3. The number of aromatic nitrogens is 2. The topological polar surface area (TPSA) is 139 Å². The van der Waals surface area contributed by atoms with Gasteiger partial charge in [-0.15, -0.1) is 0 Å². The standard InChI is InChI=1S/C40H44N2O8/c1-3-5-7-9-11-13-15-35(43)47-29-21-23-31-33(25-29)41-37(49-39(31)45)27-17-19-28(20-18-27)38-42-34-26-30(22-24-32(34)40(46)50-38)48-36(44)16-14-12-10-8-6-4-2/h17-26H,3-16H2,1-2H3. The molecule has 0 bridgehead atoms. The van der Waals surface area contributed by atoms with Gasteiger partial charge < -0.3 is 18.3 Å². The van der Waals surface area contributed by atoms with E-state index in [-0.39, 0.29) is 34.5 Å². The lowest BCUT2D eigenvalue weighted by Gasteiger charge is -2.07. The molecule has 0 aliphatic rings. The summed E-state index contributed by atoms with van der Waals surface area (Å²) in [4.78, 5) is 59.4. The molecule has 5 rings (SSSR count). The number of hydrogen-bond donors (Lipinski definition) is 0. The molecule has 0 saturated carbocycles. The number of benzene rings is 3. The van der Waals surface area contributed by atoms with Crippen LogP contribution >= 0.6 is 0 Å². The van der Waals surface area contributed by atoms with E-state index in [1.807, 2.05) is 0 Å². The van der Waals surface area contributed by atoms with Crippen molar-refractivity contribution in [1.29, 1.82) is 0 Å². The summed E-state index contributed by atoms with van der Waals surface area (Å²) >= 11 is 0. The van der Waals surface area contributed by atoms with Gasteiger partial charge in [-0.2, -0.15) is 0 Å². The molecule has 5 aromatic rings. The van der Waals surface area contributed by atoms with Crippen molar-refractivity contribution in [3.05, 3.63) is 81.5 Å². The highest BCUT2D eigenvalue weighted by Gasteiger charge is 2.15. The fourth-order valence-corrected chi connectivity index (χ4v) is 5.70. The highest BCUT2D eigenvalue weighted by molar-refractivity contribution is 5.83. The molecular formula is C40H44N2O8. The van der Waals surface area contributed by atoms with Gasteiger partial charge in [0.05, 0.1) is 21.8 Å². The van der Waals surface area contributed by atoms with Gasteiger partial charge in [-0.25, -0.2) is 19.6 Å². The summed E-state index contributed by atoms with van der Waals surface area (Å²) in [7, 11) is 0. The third-order valence-electron chi connectivity index (χ3n) is 8.51. The fourth-order valence-electron chi connectivity index (χ4n) is 5.70. The van der Waals surface area contributed by atoms with Crippen LogP contribution in [0.1, 0.15) is 104 Å². The summed E-state index contributed by atoms with van der Waals surface area (Å²) in [6, 6.07) is 16.0. The van der Waals surface area contributed by atoms with E-state index in [1.54, 1.807) is 48.5 Å². The van der Waals surface area contributed by atoms with Gasteiger partial charge >= 0.3 is 23.2 Å². The van der Waals surface area contributed by atoms with Gasteiger partial charge in [0.1, 0.15) is 11.5 Å². The number of rotatable bonds is 18. The molecule has 0 saturated heterocycles. The highest BCUT2D eigenvalue weighted by Crippen LogP contribution is 2.26. The number of nitrogens with zero attached hydrogens (tertiary/aromatic N) is 2. The minimum atomic E-state index is -0.579. The number of hydrogen-bond acceptors (Lipinski definition) is 10. The third kappa shape index (κ3) is 9.96. The smallest absolute Gasteiger partial charge is 0.347 e. The average Bonchev–Trinajstić information content (AvgIpc) is 3.11. The van der Waals surface area contributed by atoms with E-state index in [0.29, 0.717) is 46.5 Å². The Bertz CT molecular complexity index is 1880. The number of carbonyl (C=O) groups is 2. The SMILES string of the molecule is CCCCCCCCC(=O)Oc1ccc2c(=O)oc(-c3ccc(-c4nc5cc(OC(=O)CCCCCCCC)ccc5c(=O)o4)cc3)nc2c1. The van der Waals surface area contributed by atoms with E-state index in [4.69, 9.17) is 18.3 Å². The molecule has 0 atom stereocenters. The van der Waals surface area contributed by atoms with E-state index in [1.165, 1.54) is 50.7 Å². The van der Waals surface area contributed by atoms with Crippen LogP contribution in [0.3, 0.4) is 0 Å². The Hall–Kier alpha value is -5.12. The van der Waals surface area contributed by atoms with Crippen LogP contribution < -0.4 is 20.7 Å². The van der Waals surface area contributed by atoms with E-state index < -0.39 is 11.3 Å². The first-order valence-electron chi connectivity index (χ1n) is 17.8. The number of fused-ring (bicyclic) bond motifs is 2. The zero-order valence-electron chi connectivity index (χ0n) is 28.8. The second-order valence-corrected chi connectivity index (χ2v) is 12.5. The van der Waals surface area contributed by atoms with Crippen LogP contribution in [0.15, 0.2) is 79.1 Å². The lowest BCUT2D eigenvalue weighted by molar-refractivity contribution is -0.135. The van der Waals surface area contributed by atoms with Crippen LogP contribution in [-0.4, -0.2) is 21.9 Å². The molecule has 0 aliphatic carbocycles. The first-order chi connectivity index (χ1) is 24.3. The van der Waals surface area contributed by atoms with Crippen molar-refractivity contribution in [2.24, 2.45) is 0 Å². The molecule has 0 spiro atoms. The van der Waals surface area contributed by atoms with Crippen molar-refractivity contribution in [1.82, 2.24) is 9.97 Å². The van der Waals surface area contributed by atoms with E-state index >= 15 is 0 Å². The Kier molecular flexibility index (Phi) is 13.0. The van der Waals surface area contributed by atoms with Crippen LogP contribution in [0.5, 0.6) is 11.5 Å². The quantitative estimate of drug-likeness (QED) is 0.0500. The van der Waals surface area contributed by atoms with Crippen molar-refractivity contribution < 1.29 is 27.9 Å². The summed E-state index contributed by atoms with van der Waals surface area (Å²) in [5.74, 6) is 0.110. The fraction of sp³-hybridized carbons (Fsp3) is 0.400. The molecule has 2 aromatic heterocycles. The van der Waals surface area contributed by atoms with Crippen LogP contribution in [0, 0.1) is 0 Å². The molecule has 50 heavy (non-hydrogen) atoms. The Morgan fingerprint density at radius 3 is 1.32 bits per heavy atom. The molecule has 2 heterocycles. The molecule has 0 aliphatic heterocycles. The Morgan fingerprint density at radius 1 is 0.540 bits per heavy atom. The zero-order valence-corrected chi connectivity index (χ0v) is 28.8. The Balaban J connectivity index is 1.26. The molecule has 0 N–H and O–H groups in total. The minimum Gasteiger partial charge on any atom is -0.426 e. The van der Waals surface area contributed by atoms with Crippen molar-refractivity contribution in [3.8, 4) is 34.4 Å². The molecular weight excluding hydrogens is 636 g/mol. The molecule has 3 aromatic carbocycles. The molecule has 0 fully saturated rings. The van der Waals surface area contributed by atoms with Gasteiger partial charge in [0, 0.05) is 36.1 Å². The Morgan fingerprint density at radius 2 is 0.920 bits per heavy atom. The molecule has 0 radical (unpaired) electrons. The number of ether oxygens (including phenoxy) is 2. The molecule has 0 amide bonds. The summed E-state index contributed by atoms with van der Waals surface area (Å²) < 4.78 is 22.0. The van der Waals surface area contributed by atoms with Gasteiger partial charge in [-0.05, 0) is 61.4 Å². The highest BCUT2D eigenvalue weighted by atomic mass is 16.5. The first-order valence-corrected chi connectivity index (χ1v) is 17.8. The summed E-state index contributed by atoms with van der Waals surface area (Å²) in [6.07, 6.45) is 13.5. The van der Waals surface area contributed by atoms with Crippen LogP contribution in [0.25, 0.3) is 44.7 Å². The van der Waals surface area contributed by atoms with Crippen LogP contribution in [0.2, 0.25) is 0 Å². The molecule has 10 nitrogen and oxygen atoms in total. The Labute approximate surface area is 290 Å². The summed E-state index contributed by atoms with van der Waals surface area (Å²) in [5, 5.41) is 0.520. The summed E-state index contributed by atoms with van der Waals surface area (Å²) in [6.45, 7) is 4.33. The average molecular weight is 681 g/mol. The normalized spacial score (nSPS) is 11.2. The second kappa shape index (κ2) is 18.0. The van der Waals surface area contributed by atoms with Crippen molar-refractivity contribution in [2.45, 2.75) is 104 Å². The lowest BCUT2D eigenvalue weighted by atomic mass is 10.1. The molecule has 262 valence electrons. The largest absolute Gasteiger partial charge is 0.426 e. The van der Waals surface area contributed by atoms with Crippen molar-refractivity contribution in [3.63, 3.8) is 0 Å². The van der Waals surface area contributed by atoms with Gasteiger partial charge in [0.25, 0.3) is 0 Å². The van der Waals surface area contributed by atoms with Gasteiger partial charge in [0.15, 0.2) is 0 Å². The number of carbonyl (C=O) groups excluding carboxylic acids is 2. The third-order valence-corrected chi connectivity index (χ3v) is 8.51. The predicted molar refractivity (Wildman–Crippen MR) is 192 cm³/mol. The molecule has 10 heteroatoms. The molecule has 0 unspecified atom stereocenters. The minimum absolute atomic E-state index is 0.0740. The van der Waals surface area contributed by atoms with E-state index in [0.717, 1.165) is 38.5 Å². The number of unbranched alkanes of at least 4 members (excludes halogenated alkanes) is 10. The van der Waals surface area contributed by atoms with Crippen LogP contribution in [0.4, 0.5) is 0 Å². The van der Waals surface area contributed by atoms with Gasteiger partial charge in [-0.1, -0.05) is 78.1 Å². The second-order valence-electron chi connectivity index (χ2n) is 12.5. The van der Waals surface area contributed by atoms with Gasteiger partial charge in [-0.3, -0.25) is 9.59 Å². The van der Waals surface area contributed by atoms with Crippen LogP contribution in [-0.2, 0) is 9.59 Å². The van der Waals surface area contributed by atoms with E-state index in [9.17, 15) is 19.2 Å². The maximum Gasteiger partial charge on any atom is 0.347 e. The monoisotopic (exact) mass is 680 g/mol. The van der Waals surface area contributed by atoms with E-state index in [2.05, 4.69) is 23.8 Å². The maximum atomic E-state index is 12.8. The first kappa shape index (κ1) is 36.2. The maximum absolute atomic E-state index is 12.8. The predicted octanol–water partition coefficient (Wildman–Crippen LogP) is 9.34.